The van der Waals surface area contributed by atoms with E-state index >= 15 is 0 Å². The van der Waals surface area contributed by atoms with E-state index in [0.717, 1.165) is 12.8 Å². The first-order valence-electron chi connectivity index (χ1n) is 6.12. The molecule has 2 amide bonds. The van der Waals surface area contributed by atoms with Crippen LogP contribution in [0.25, 0.3) is 0 Å². The molecule has 5 heteroatoms. The van der Waals surface area contributed by atoms with Crippen molar-refractivity contribution in [3.05, 3.63) is 25.3 Å². The van der Waals surface area contributed by atoms with Crippen molar-refractivity contribution in [2.75, 3.05) is 19.6 Å². The van der Waals surface area contributed by atoms with Gasteiger partial charge in [-0.1, -0.05) is 12.2 Å². The van der Waals surface area contributed by atoms with Crippen molar-refractivity contribution in [3.8, 4) is 0 Å². The summed E-state index contributed by atoms with van der Waals surface area (Å²) in [5, 5.41) is 9.15. The van der Waals surface area contributed by atoms with Crippen LogP contribution in [-0.2, 0) is 4.79 Å². The van der Waals surface area contributed by atoms with E-state index in [0.29, 0.717) is 26.1 Å². The Labute approximate surface area is 107 Å². The van der Waals surface area contributed by atoms with Crippen LogP contribution in [0.1, 0.15) is 19.3 Å². The Kier molecular flexibility index (Phi) is 5.42. The molecule has 0 aliphatic carbocycles. The molecule has 0 spiro atoms. The fraction of sp³-hybridized carbons (Fsp3) is 0.538. The minimum atomic E-state index is -0.930. The second kappa shape index (κ2) is 6.83. The second-order valence-electron chi connectivity index (χ2n) is 4.31. The average molecular weight is 252 g/mol. The standard InChI is InChI=1S/C13H20N2O3/c1-3-8-14(9-4-2)13(18)15-10-6-5-7-11(15)12(16)17/h3-4,11H,1-2,5-10H2,(H,16,17). The number of hydrogen-bond donors (Lipinski definition) is 1. The highest BCUT2D eigenvalue weighted by molar-refractivity contribution is 5.83. The number of carboxylic acids is 1. The third-order valence-corrected chi connectivity index (χ3v) is 3.00. The molecule has 0 aromatic heterocycles. The highest BCUT2D eigenvalue weighted by Gasteiger charge is 2.33. The zero-order chi connectivity index (χ0) is 13.5. The summed E-state index contributed by atoms with van der Waals surface area (Å²) in [4.78, 5) is 26.4. The predicted molar refractivity (Wildman–Crippen MR) is 69.3 cm³/mol. The molecule has 0 saturated carbocycles. The van der Waals surface area contributed by atoms with Crippen molar-refractivity contribution in [3.63, 3.8) is 0 Å². The number of hydrogen-bond acceptors (Lipinski definition) is 2. The normalized spacial score (nSPS) is 19.1. The fourth-order valence-electron chi connectivity index (χ4n) is 2.14. The van der Waals surface area contributed by atoms with E-state index in [1.54, 1.807) is 17.1 Å². The predicted octanol–water partition coefficient (Wildman–Crippen LogP) is 1.72. The maximum absolute atomic E-state index is 12.3. The van der Waals surface area contributed by atoms with E-state index in [1.165, 1.54) is 4.90 Å². The Bertz CT molecular complexity index is 331. The van der Waals surface area contributed by atoms with Crippen molar-refractivity contribution < 1.29 is 14.7 Å². The molecule has 18 heavy (non-hydrogen) atoms. The lowest BCUT2D eigenvalue weighted by Gasteiger charge is -2.36. The van der Waals surface area contributed by atoms with Crippen LogP contribution >= 0.6 is 0 Å². The summed E-state index contributed by atoms with van der Waals surface area (Å²) in [6, 6.07) is -0.953. The van der Waals surface area contributed by atoms with E-state index in [4.69, 9.17) is 5.11 Å². The van der Waals surface area contributed by atoms with Gasteiger partial charge in [-0.05, 0) is 19.3 Å². The van der Waals surface area contributed by atoms with Crippen molar-refractivity contribution in [2.24, 2.45) is 0 Å². The lowest BCUT2D eigenvalue weighted by molar-refractivity contribution is -0.143. The van der Waals surface area contributed by atoms with Crippen molar-refractivity contribution in [1.82, 2.24) is 9.80 Å². The van der Waals surface area contributed by atoms with Crippen molar-refractivity contribution in [2.45, 2.75) is 25.3 Å². The monoisotopic (exact) mass is 252 g/mol. The van der Waals surface area contributed by atoms with E-state index in [1.807, 2.05) is 0 Å². The largest absolute Gasteiger partial charge is 0.480 e. The lowest BCUT2D eigenvalue weighted by Crippen LogP contribution is -2.53. The molecular weight excluding hydrogens is 232 g/mol. The molecule has 0 radical (unpaired) electrons. The number of carbonyl (C=O) groups is 2. The number of urea groups is 1. The minimum Gasteiger partial charge on any atom is -0.480 e. The number of aliphatic carboxylic acids is 1. The van der Waals surface area contributed by atoms with E-state index in [9.17, 15) is 9.59 Å². The van der Waals surface area contributed by atoms with Gasteiger partial charge in [-0.3, -0.25) is 0 Å². The zero-order valence-corrected chi connectivity index (χ0v) is 10.5. The van der Waals surface area contributed by atoms with Gasteiger partial charge in [-0.2, -0.15) is 0 Å². The third-order valence-electron chi connectivity index (χ3n) is 3.00. The smallest absolute Gasteiger partial charge is 0.326 e. The van der Waals surface area contributed by atoms with Crippen LogP contribution < -0.4 is 0 Å². The van der Waals surface area contributed by atoms with Gasteiger partial charge < -0.3 is 14.9 Å². The van der Waals surface area contributed by atoms with E-state index < -0.39 is 12.0 Å². The van der Waals surface area contributed by atoms with Crippen LogP contribution in [0.2, 0.25) is 0 Å². The summed E-state index contributed by atoms with van der Waals surface area (Å²) in [7, 11) is 0. The lowest BCUT2D eigenvalue weighted by atomic mass is 10.0. The molecule has 1 unspecified atom stereocenters. The summed E-state index contributed by atoms with van der Waals surface area (Å²) in [5.41, 5.74) is 0. The Morgan fingerprint density at radius 3 is 2.39 bits per heavy atom. The molecule has 1 rings (SSSR count). The van der Waals surface area contributed by atoms with Gasteiger partial charge in [0.25, 0.3) is 0 Å². The molecule has 1 saturated heterocycles. The first-order valence-corrected chi connectivity index (χ1v) is 6.12. The van der Waals surface area contributed by atoms with Crippen LogP contribution in [0.15, 0.2) is 25.3 Å². The zero-order valence-electron chi connectivity index (χ0n) is 10.5. The topological polar surface area (TPSA) is 60.9 Å². The van der Waals surface area contributed by atoms with Gasteiger partial charge in [0.05, 0.1) is 0 Å². The molecule has 100 valence electrons. The third kappa shape index (κ3) is 3.35. The fourth-order valence-corrected chi connectivity index (χ4v) is 2.14. The van der Waals surface area contributed by atoms with Crippen LogP contribution in [-0.4, -0.2) is 52.6 Å². The Hall–Kier alpha value is -1.78. The van der Waals surface area contributed by atoms with Gasteiger partial charge in [0.2, 0.25) is 0 Å². The van der Waals surface area contributed by atoms with Gasteiger partial charge in [-0.15, -0.1) is 13.2 Å². The molecule has 1 N–H and O–H groups in total. The van der Waals surface area contributed by atoms with E-state index in [2.05, 4.69) is 13.2 Å². The molecule has 1 aliphatic heterocycles. The molecule has 5 nitrogen and oxygen atoms in total. The van der Waals surface area contributed by atoms with Crippen LogP contribution in [0.4, 0.5) is 4.79 Å². The Morgan fingerprint density at radius 2 is 1.89 bits per heavy atom. The van der Waals surface area contributed by atoms with Gasteiger partial charge in [-0.25, -0.2) is 9.59 Å². The maximum Gasteiger partial charge on any atom is 0.326 e. The maximum atomic E-state index is 12.3. The summed E-state index contributed by atoms with van der Waals surface area (Å²) >= 11 is 0. The quantitative estimate of drug-likeness (QED) is 0.758. The molecule has 0 bridgehead atoms. The summed E-state index contributed by atoms with van der Waals surface area (Å²) < 4.78 is 0. The SMILES string of the molecule is C=CCN(CC=C)C(=O)N1CCCCC1C(=O)O. The molecule has 0 aromatic rings. The van der Waals surface area contributed by atoms with Crippen LogP contribution in [0.3, 0.4) is 0 Å². The van der Waals surface area contributed by atoms with Crippen molar-refractivity contribution >= 4 is 12.0 Å². The molecule has 1 fully saturated rings. The van der Waals surface area contributed by atoms with Crippen LogP contribution in [0, 0.1) is 0 Å². The number of carbonyl (C=O) groups excluding carboxylic acids is 1. The molecule has 0 aromatic carbocycles. The van der Waals surface area contributed by atoms with Gasteiger partial charge in [0, 0.05) is 19.6 Å². The average Bonchev–Trinajstić information content (AvgIpc) is 2.37. The molecule has 1 heterocycles. The second-order valence-corrected chi connectivity index (χ2v) is 4.31. The van der Waals surface area contributed by atoms with Crippen molar-refractivity contribution in [1.29, 1.82) is 0 Å². The number of carboxylic acid groups (broad SMARTS) is 1. The van der Waals surface area contributed by atoms with Gasteiger partial charge in [0.15, 0.2) is 0 Å². The summed E-state index contributed by atoms with van der Waals surface area (Å²) in [5.74, 6) is -0.930. The molecule has 1 atom stereocenters. The molecule has 1 aliphatic rings. The van der Waals surface area contributed by atoms with Crippen LogP contribution in [0.5, 0.6) is 0 Å². The minimum absolute atomic E-state index is 0.248. The summed E-state index contributed by atoms with van der Waals surface area (Å²) in [6.07, 6.45) is 5.48. The van der Waals surface area contributed by atoms with Gasteiger partial charge in [0.1, 0.15) is 6.04 Å². The first kappa shape index (κ1) is 14.3. The number of amides is 2. The number of nitrogens with zero attached hydrogens (tertiary/aromatic N) is 2. The summed E-state index contributed by atoms with van der Waals surface area (Å²) in [6.45, 7) is 8.50. The Balaban J connectivity index is 2.79. The highest BCUT2D eigenvalue weighted by atomic mass is 16.4. The number of piperidine rings is 1. The first-order chi connectivity index (χ1) is 8.61. The number of likely N-dealkylation sites (tertiary alicyclic amines) is 1. The van der Waals surface area contributed by atoms with Gasteiger partial charge >= 0.3 is 12.0 Å². The Morgan fingerprint density at radius 1 is 1.28 bits per heavy atom. The highest BCUT2D eigenvalue weighted by Crippen LogP contribution is 2.19. The van der Waals surface area contributed by atoms with E-state index in [-0.39, 0.29) is 6.03 Å². The molecular formula is C13H20N2O3. The number of rotatable bonds is 5.